The molecule has 20 heavy (non-hydrogen) atoms. The molecule has 0 bridgehead atoms. The number of rotatable bonds is 4. The molecule has 2 rings (SSSR count). The van der Waals surface area contributed by atoms with Crippen LogP contribution in [0.3, 0.4) is 0 Å². The van der Waals surface area contributed by atoms with Crippen molar-refractivity contribution in [2.45, 2.75) is 6.92 Å². The molecule has 0 saturated carbocycles. The second-order valence-electron chi connectivity index (χ2n) is 4.12. The molecule has 0 amide bonds. The molecule has 0 aliphatic heterocycles. The molecule has 2 aromatic rings. The quantitative estimate of drug-likeness (QED) is 0.857. The number of hydrogen-bond acceptors (Lipinski definition) is 5. The van der Waals surface area contributed by atoms with Crippen LogP contribution in [0.1, 0.15) is 17.3 Å². The predicted molar refractivity (Wildman–Crippen MR) is 73.4 cm³/mol. The molecule has 6 nitrogen and oxygen atoms in total. The molecule has 1 aromatic heterocycles. The average molecular weight is 274 g/mol. The van der Waals surface area contributed by atoms with E-state index >= 15 is 0 Å². The van der Waals surface area contributed by atoms with Crippen molar-refractivity contribution in [1.82, 2.24) is 10.2 Å². The van der Waals surface area contributed by atoms with Crippen LogP contribution < -0.4 is 15.0 Å². The first-order valence-corrected chi connectivity index (χ1v) is 5.90. The molecule has 104 valence electrons. The summed E-state index contributed by atoms with van der Waals surface area (Å²) in [6, 6.07) is 6.69. The van der Waals surface area contributed by atoms with E-state index in [0.717, 1.165) is 0 Å². The van der Waals surface area contributed by atoms with E-state index in [0.29, 0.717) is 22.8 Å². The first-order valence-electron chi connectivity index (χ1n) is 5.90. The molecule has 0 fully saturated rings. The molecular weight excluding hydrogens is 260 g/mol. The highest BCUT2D eigenvalue weighted by Gasteiger charge is 2.11. The number of ketones is 1. The molecule has 0 aliphatic rings. The monoisotopic (exact) mass is 274 g/mol. The summed E-state index contributed by atoms with van der Waals surface area (Å²) in [5, 5.41) is 6.25. The first-order chi connectivity index (χ1) is 9.56. The van der Waals surface area contributed by atoms with Crippen molar-refractivity contribution < 1.29 is 14.3 Å². The highest BCUT2D eigenvalue weighted by atomic mass is 16.5. The number of nitrogens with zero attached hydrogens (tertiary/aromatic N) is 1. The molecule has 0 unspecified atom stereocenters. The van der Waals surface area contributed by atoms with Gasteiger partial charge >= 0.3 is 0 Å². The Labute approximate surface area is 115 Å². The highest BCUT2D eigenvalue weighted by Crippen LogP contribution is 2.31. The van der Waals surface area contributed by atoms with Crippen LogP contribution in [0.25, 0.3) is 11.3 Å². The smallest absolute Gasteiger partial charge is 0.275 e. The zero-order valence-electron chi connectivity index (χ0n) is 11.4. The molecule has 6 heteroatoms. The molecule has 0 spiro atoms. The lowest BCUT2D eigenvalue weighted by Gasteiger charge is -2.09. The SMILES string of the molecule is COc1ccc(-c2cc(C(C)=O)c(=O)[nH]n2)cc1OC. The lowest BCUT2D eigenvalue weighted by molar-refractivity contribution is 0.101. The van der Waals surface area contributed by atoms with Gasteiger partial charge in [-0.05, 0) is 31.2 Å². The van der Waals surface area contributed by atoms with Gasteiger partial charge in [-0.3, -0.25) is 9.59 Å². The van der Waals surface area contributed by atoms with E-state index in [1.807, 2.05) is 0 Å². The third-order valence-electron chi connectivity index (χ3n) is 2.86. The van der Waals surface area contributed by atoms with E-state index in [4.69, 9.17) is 9.47 Å². The minimum absolute atomic E-state index is 0.0739. The van der Waals surface area contributed by atoms with Crippen molar-refractivity contribution in [3.05, 3.63) is 40.2 Å². The van der Waals surface area contributed by atoms with Crippen LogP contribution in [0.4, 0.5) is 0 Å². The number of aromatic amines is 1. The van der Waals surface area contributed by atoms with E-state index < -0.39 is 5.56 Å². The van der Waals surface area contributed by atoms with Crippen molar-refractivity contribution >= 4 is 5.78 Å². The van der Waals surface area contributed by atoms with Crippen LogP contribution in [-0.2, 0) is 0 Å². The van der Waals surface area contributed by atoms with Crippen molar-refractivity contribution in [3.8, 4) is 22.8 Å². The molecular formula is C14H14N2O4. The summed E-state index contributed by atoms with van der Waals surface area (Å²) in [7, 11) is 3.08. The van der Waals surface area contributed by atoms with Crippen LogP contribution in [-0.4, -0.2) is 30.2 Å². The largest absolute Gasteiger partial charge is 0.493 e. The summed E-state index contributed by atoms with van der Waals surface area (Å²) < 4.78 is 10.4. The van der Waals surface area contributed by atoms with Gasteiger partial charge in [-0.1, -0.05) is 0 Å². The molecule has 0 radical (unpaired) electrons. The lowest BCUT2D eigenvalue weighted by Crippen LogP contribution is -2.17. The molecule has 1 aromatic carbocycles. The Morgan fingerprint density at radius 3 is 2.45 bits per heavy atom. The standard InChI is InChI=1S/C14H14N2O4/c1-8(17)10-7-11(15-16-14(10)18)9-4-5-12(19-2)13(6-9)20-3/h4-7H,1-3H3,(H,16,18). The number of methoxy groups -OCH3 is 2. The average Bonchev–Trinajstić information content (AvgIpc) is 2.46. The number of nitrogens with one attached hydrogen (secondary N) is 1. The maximum Gasteiger partial charge on any atom is 0.275 e. The van der Waals surface area contributed by atoms with Gasteiger partial charge in [-0.2, -0.15) is 5.10 Å². The topological polar surface area (TPSA) is 81.3 Å². The number of hydrogen-bond donors (Lipinski definition) is 1. The Bertz CT molecular complexity index is 707. The van der Waals surface area contributed by atoms with Gasteiger partial charge in [0.05, 0.1) is 25.5 Å². The van der Waals surface area contributed by atoms with Crippen LogP contribution in [0.5, 0.6) is 11.5 Å². The van der Waals surface area contributed by atoms with Gasteiger partial charge in [0.25, 0.3) is 5.56 Å². The van der Waals surface area contributed by atoms with E-state index in [1.54, 1.807) is 25.3 Å². The Hall–Kier alpha value is -2.63. The van der Waals surface area contributed by atoms with Gasteiger partial charge in [0.1, 0.15) is 0 Å². The highest BCUT2D eigenvalue weighted by molar-refractivity contribution is 5.94. The summed E-state index contributed by atoms with van der Waals surface area (Å²) in [4.78, 5) is 22.9. The van der Waals surface area contributed by atoms with E-state index in [9.17, 15) is 9.59 Å². The maximum absolute atomic E-state index is 11.5. The van der Waals surface area contributed by atoms with Gasteiger partial charge in [-0.25, -0.2) is 5.10 Å². The Balaban J connectivity index is 2.54. The second kappa shape index (κ2) is 5.56. The minimum atomic E-state index is -0.498. The Morgan fingerprint density at radius 2 is 1.85 bits per heavy atom. The number of H-pyrrole nitrogens is 1. The van der Waals surface area contributed by atoms with Crippen molar-refractivity contribution in [3.63, 3.8) is 0 Å². The van der Waals surface area contributed by atoms with Gasteiger partial charge in [0.2, 0.25) is 0 Å². The van der Waals surface area contributed by atoms with E-state index in [1.165, 1.54) is 20.1 Å². The Kier molecular flexibility index (Phi) is 3.84. The summed E-state index contributed by atoms with van der Waals surface area (Å²) in [6.07, 6.45) is 0. The third-order valence-corrected chi connectivity index (χ3v) is 2.86. The first kappa shape index (κ1) is 13.8. The van der Waals surface area contributed by atoms with Crippen LogP contribution in [0.2, 0.25) is 0 Å². The van der Waals surface area contributed by atoms with E-state index in [-0.39, 0.29) is 11.3 Å². The number of carbonyl (C=O) groups is 1. The zero-order valence-corrected chi connectivity index (χ0v) is 11.4. The summed E-state index contributed by atoms with van der Waals surface area (Å²) in [5.41, 5.74) is 0.767. The summed E-state index contributed by atoms with van der Waals surface area (Å²) in [5.74, 6) is 0.824. The lowest BCUT2D eigenvalue weighted by atomic mass is 10.1. The number of Topliss-reactive ketones (excluding diaryl/α,β-unsaturated/α-hetero) is 1. The summed E-state index contributed by atoms with van der Waals surface area (Å²) in [6.45, 7) is 1.34. The van der Waals surface area contributed by atoms with Crippen LogP contribution in [0.15, 0.2) is 29.1 Å². The predicted octanol–water partition coefficient (Wildman–Crippen LogP) is 1.66. The number of ether oxygens (including phenoxy) is 2. The van der Waals surface area contributed by atoms with E-state index in [2.05, 4.69) is 10.2 Å². The van der Waals surface area contributed by atoms with Gasteiger partial charge in [-0.15, -0.1) is 0 Å². The molecule has 1 heterocycles. The number of aromatic nitrogens is 2. The number of carbonyl (C=O) groups excluding carboxylic acids is 1. The fraction of sp³-hybridized carbons (Fsp3) is 0.214. The molecule has 0 aliphatic carbocycles. The van der Waals surface area contributed by atoms with Crippen molar-refractivity contribution in [2.24, 2.45) is 0 Å². The maximum atomic E-state index is 11.5. The molecule has 0 atom stereocenters. The normalized spacial score (nSPS) is 10.2. The van der Waals surface area contributed by atoms with Crippen LogP contribution >= 0.6 is 0 Å². The fourth-order valence-electron chi connectivity index (χ4n) is 1.81. The Morgan fingerprint density at radius 1 is 1.15 bits per heavy atom. The fourth-order valence-corrected chi connectivity index (χ4v) is 1.81. The number of benzene rings is 1. The third kappa shape index (κ3) is 2.54. The van der Waals surface area contributed by atoms with Crippen LogP contribution in [0, 0.1) is 0 Å². The van der Waals surface area contributed by atoms with Gasteiger partial charge in [0.15, 0.2) is 17.3 Å². The van der Waals surface area contributed by atoms with Gasteiger partial charge < -0.3 is 9.47 Å². The van der Waals surface area contributed by atoms with Gasteiger partial charge in [0, 0.05) is 5.56 Å². The second-order valence-corrected chi connectivity index (χ2v) is 4.12. The van der Waals surface area contributed by atoms with Crippen molar-refractivity contribution in [1.29, 1.82) is 0 Å². The molecule has 0 saturated heterocycles. The molecule has 1 N–H and O–H groups in total. The van der Waals surface area contributed by atoms with Crippen molar-refractivity contribution in [2.75, 3.05) is 14.2 Å². The summed E-state index contributed by atoms with van der Waals surface area (Å²) >= 11 is 0. The minimum Gasteiger partial charge on any atom is -0.493 e. The zero-order chi connectivity index (χ0) is 14.7.